The molecule has 0 saturated carbocycles. The lowest BCUT2D eigenvalue weighted by atomic mass is 10.1. The number of ether oxygens (including phenoxy) is 6. The number of azide groups is 1. The zero-order valence-electron chi connectivity index (χ0n) is 45.0. The first-order valence-electron chi connectivity index (χ1n) is 25.2. The van der Waals surface area contributed by atoms with Crippen LogP contribution in [-0.2, 0) is 0 Å². The summed E-state index contributed by atoms with van der Waals surface area (Å²) < 4.78 is 95.6. The quantitative estimate of drug-likeness (QED) is 0.0244. The molecule has 0 spiro atoms. The van der Waals surface area contributed by atoms with Gasteiger partial charge in [0.2, 0.25) is 17.6 Å². The molecule has 1 aliphatic rings. The number of aromatic nitrogens is 9. The van der Waals surface area contributed by atoms with Crippen LogP contribution in [0.5, 0.6) is 34.9 Å². The molecule has 0 fully saturated rings. The van der Waals surface area contributed by atoms with E-state index in [-0.39, 0.29) is 134 Å². The molecule has 32 heteroatoms. The van der Waals surface area contributed by atoms with Crippen molar-refractivity contribution in [2.45, 2.75) is 61.4 Å². The summed E-state index contributed by atoms with van der Waals surface area (Å²) in [5.41, 5.74) is 15.4. The second-order valence-electron chi connectivity index (χ2n) is 17.0. The Hall–Kier alpha value is -9.41. The summed E-state index contributed by atoms with van der Waals surface area (Å²) in [4.78, 5) is 50.1. The van der Waals surface area contributed by atoms with Gasteiger partial charge < -0.3 is 49.7 Å². The maximum atomic E-state index is 14.0. The first-order valence-corrected chi connectivity index (χ1v) is 25.6. The zero-order valence-corrected chi connectivity index (χ0v) is 46.3. The van der Waals surface area contributed by atoms with Crippen molar-refractivity contribution in [3.05, 3.63) is 168 Å². The molecule has 6 aromatic heterocycles. The normalized spacial score (nSPS) is 13.1. The predicted molar refractivity (Wildman–Crippen MR) is 313 cm³/mol. The highest BCUT2D eigenvalue weighted by Crippen LogP contribution is 2.39. The summed E-state index contributed by atoms with van der Waals surface area (Å²) in [7, 11) is -1.00. The molecule has 0 aliphatic carbocycles. The third kappa shape index (κ3) is 16.5. The van der Waals surface area contributed by atoms with Gasteiger partial charge in [0.05, 0.1) is 78.6 Å². The Morgan fingerprint density at radius 1 is 0.782 bits per heavy atom. The Bertz CT molecular complexity index is 3940. The van der Waals surface area contributed by atoms with E-state index in [9.17, 15) is 42.2 Å². The molecule has 464 valence electrons. The van der Waals surface area contributed by atoms with Gasteiger partial charge in [0.15, 0.2) is 16.9 Å². The largest absolute Gasteiger partial charge is 0.493 e. The minimum atomic E-state index is -1.18. The molecule has 5 N–H and O–H groups in total. The van der Waals surface area contributed by atoms with Gasteiger partial charge in [-0.1, -0.05) is 62.2 Å². The number of nitrogens with one attached hydrogen (secondary N) is 1. The topological polar surface area (TPSA) is 324 Å². The lowest BCUT2D eigenvalue weighted by Crippen LogP contribution is -2.28. The van der Waals surface area contributed by atoms with Gasteiger partial charge in [-0.15, -0.1) is 0 Å². The van der Waals surface area contributed by atoms with Crippen LogP contribution < -0.4 is 39.5 Å². The smallest absolute Gasteiger partial charge is 0.341 e. The molecule has 3 aromatic carbocycles. The molecule has 7 heterocycles. The van der Waals surface area contributed by atoms with Crippen molar-refractivity contribution in [3.8, 4) is 34.9 Å². The van der Waals surface area contributed by atoms with E-state index >= 15 is 0 Å². The van der Waals surface area contributed by atoms with E-state index in [0.717, 1.165) is 6.07 Å². The van der Waals surface area contributed by atoms with E-state index in [2.05, 4.69) is 45.6 Å². The van der Waals surface area contributed by atoms with Crippen molar-refractivity contribution in [2.75, 3.05) is 46.6 Å². The summed E-state index contributed by atoms with van der Waals surface area (Å²) in [6.45, 7) is 6.07. The molecule has 10 rings (SSSR count). The number of carbonyl (C=O) groups excluding carboxylic acids is 1. The van der Waals surface area contributed by atoms with Crippen LogP contribution in [0.25, 0.3) is 27.4 Å². The summed E-state index contributed by atoms with van der Waals surface area (Å²) >= 11 is 18.4. The third-order valence-electron chi connectivity index (χ3n) is 11.7. The number of benzene rings is 3. The van der Waals surface area contributed by atoms with Gasteiger partial charge >= 0.3 is 11.9 Å². The Labute approximate surface area is 510 Å². The van der Waals surface area contributed by atoms with Crippen molar-refractivity contribution >= 4 is 69.6 Å². The third-order valence-corrected chi connectivity index (χ3v) is 12.8. The van der Waals surface area contributed by atoms with Crippen LogP contribution in [-0.4, -0.2) is 118 Å². The van der Waals surface area contributed by atoms with Crippen LogP contribution in [0.1, 0.15) is 110 Å². The molecular weight excluding hydrogens is 1220 g/mol. The maximum absolute atomic E-state index is 14.0. The van der Waals surface area contributed by atoms with Gasteiger partial charge in [0, 0.05) is 48.2 Å². The van der Waals surface area contributed by atoms with Crippen LogP contribution in [0.15, 0.2) is 96.9 Å². The van der Waals surface area contributed by atoms with E-state index in [4.69, 9.17) is 75.9 Å². The molecule has 1 aliphatic heterocycles. The molecule has 1 amide bonds. The molecule has 0 saturated heterocycles. The van der Waals surface area contributed by atoms with Gasteiger partial charge in [0.25, 0.3) is 5.91 Å². The Balaban J connectivity index is 0.000000272. The lowest BCUT2D eigenvalue weighted by molar-refractivity contribution is 0.0687. The molecule has 2 bridgehead atoms. The van der Waals surface area contributed by atoms with E-state index < -0.39 is 54.9 Å². The average molecular weight is 1280 g/mol. The summed E-state index contributed by atoms with van der Waals surface area (Å²) in [5, 5.41) is 36.0. The summed E-state index contributed by atoms with van der Waals surface area (Å²) in [5.74, 6) is -3.04. The Morgan fingerprint density at radius 3 is 1.78 bits per heavy atom. The minimum Gasteiger partial charge on any atom is -0.493 e. The van der Waals surface area contributed by atoms with Crippen molar-refractivity contribution in [3.63, 3.8) is 0 Å². The van der Waals surface area contributed by atoms with Crippen LogP contribution in [0.2, 0.25) is 15.1 Å². The standard InChI is InChI=1S/C17H14ClFN6O4.C17H16ClFN4O4.C17H14ClFN4O3.CH3F.3CH4/c1-9(14-12(28-7-5-21-24-20)3-2-11(19)15(14)18)29-13-4-6-25-16(23-13)10(8-22-25)17(26)27;1-9(14-12(26-7-5-20)3-2-11(19)15(14)18)27-13-4-6-23-16(22-13)10(8-21-23)17(24)25;1-9-14-12(3-2-11(19)15(14)18)25-7-5-20-17(24)10-8-21-23-6-4-13(26-9)22-16(10)23;1-2;;;/h2-4,6,8-9H,5,7H2,1H3,(H,26,27);2-4,6,8-9H,5,7,20H2,1H3,(H,24,25);2-4,6,8-9H,5,7H2,1H3,(H,20,24);1H3;3*1H4/i;;;1D;;;. The first kappa shape index (κ1) is 68.4. The zero-order chi connectivity index (χ0) is 61.5. The second kappa shape index (κ2) is 32.2. The monoisotopic (exact) mass is 1270 g/mol. The van der Waals surface area contributed by atoms with Crippen molar-refractivity contribution in [1.82, 2.24) is 49.1 Å². The molecular formula is C55H59Cl3F4N14O11. The Kier molecular flexibility index (Phi) is 25.3. The number of hydrogen-bond donors (Lipinski definition) is 4. The first-order chi connectivity index (χ1) is 40.8. The molecule has 9 aromatic rings. The number of rotatable bonds is 15. The number of hydrogen-bond acceptors (Lipinski definition) is 17. The average Bonchev–Trinajstić information content (AvgIpc) is 4.41. The van der Waals surface area contributed by atoms with E-state index in [0.29, 0.717) is 33.8 Å². The van der Waals surface area contributed by atoms with Gasteiger partial charge in [-0.2, -0.15) is 30.2 Å². The highest BCUT2D eigenvalue weighted by atomic mass is 35.5. The number of carbonyl (C=O) groups is 3. The van der Waals surface area contributed by atoms with Crippen LogP contribution in [0.3, 0.4) is 0 Å². The number of carboxylic acids is 2. The fourth-order valence-electron chi connectivity index (χ4n) is 7.93. The van der Waals surface area contributed by atoms with Crippen LogP contribution >= 0.6 is 34.8 Å². The number of alkyl halides is 1. The van der Waals surface area contributed by atoms with Gasteiger partial charge in [-0.25, -0.2) is 36.3 Å². The second-order valence-corrected chi connectivity index (χ2v) is 18.2. The SMILES string of the molecule is C.C.C.CC(Oc1ccn2ncc(C(=O)O)c2n1)c1c(OCCN)ccc(F)c1Cl.CC(Oc1ccn2ncc(C(=O)O)c2n1)c1c(OCCN=[N+]=[N-])ccc(F)c1Cl.CC1Oc2ccn3ncc(c3n2)C(=O)NCCOc2ccc(F)c(Cl)c21.[2H]CF. The van der Waals surface area contributed by atoms with Gasteiger partial charge in [0.1, 0.15) is 82.9 Å². The molecule has 25 nitrogen and oxygen atoms in total. The van der Waals surface area contributed by atoms with E-state index in [1.54, 1.807) is 33.0 Å². The van der Waals surface area contributed by atoms with Crippen LogP contribution in [0.4, 0.5) is 17.6 Å². The lowest BCUT2D eigenvalue weighted by Gasteiger charge is -2.19. The number of nitrogens with zero attached hydrogens (tertiary/aromatic N) is 12. The highest BCUT2D eigenvalue weighted by molar-refractivity contribution is 6.32. The fraction of sp³-hybridized carbons (Fsp3) is 0.291. The number of fused-ring (bicyclic) bond motifs is 4. The predicted octanol–water partition coefficient (Wildman–Crippen LogP) is 12.0. The Morgan fingerprint density at radius 2 is 1.26 bits per heavy atom. The number of halogens is 7. The number of carboxylic acid groups (broad SMARTS) is 2. The van der Waals surface area contributed by atoms with Gasteiger partial charge in [-0.3, -0.25) is 9.18 Å². The molecule has 87 heavy (non-hydrogen) atoms. The number of aromatic carboxylic acids is 2. The highest BCUT2D eigenvalue weighted by Gasteiger charge is 2.26. The summed E-state index contributed by atoms with van der Waals surface area (Å²) in [6, 6.07) is 12.5. The van der Waals surface area contributed by atoms with Crippen molar-refractivity contribution < 1.29 is 72.0 Å². The van der Waals surface area contributed by atoms with Crippen molar-refractivity contribution in [1.29, 1.82) is 0 Å². The number of amides is 1. The van der Waals surface area contributed by atoms with Crippen molar-refractivity contribution in [2.24, 2.45) is 10.8 Å². The fourth-order valence-corrected chi connectivity index (χ4v) is 8.86. The molecule has 3 atom stereocenters. The van der Waals surface area contributed by atoms with E-state index in [1.807, 2.05) is 0 Å². The van der Waals surface area contributed by atoms with Crippen LogP contribution in [0, 0.1) is 17.5 Å². The molecule has 3 unspecified atom stereocenters. The maximum Gasteiger partial charge on any atom is 0.341 e. The minimum absolute atomic E-state index is 0. The molecule has 0 radical (unpaired) electrons. The van der Waals surface area contributed by atoms with E-state index in [1.165, 1.54) is 87.0 Å². The summed E-state index contributed by atoms with van der Waals surface area (Å²) in [6.07, 6.45) is 6.29. The van der Waals surface area contributed by atoms with Gasteiger partial charge in [-0.05, 0) is 62.7 Å². The number of nitrogens with two attached hydrogens (primary N) is 1.